The summed E-state index contributed by atoms with van der Waals surface area (Å²) in [5, 5.41) is 0. The third-order valence-electron chi connectivity index (χ3n) is 2.73. The summed E-state index contributed by atoms with van der Waals surface area (Å²) in [7, 11) is 0. The zero-order valence-electron chi connectivity index (χ0n) is 9.19. The number of fused-ring (bicyclic) bond motifs is 1. The van der Waals surface area contributed by atoms with E-state index >= 15 is 0 Å². The van der Waals surface area contributed by atoms with E-state index in [9.17, 15) is 9.59 Å². The van der Waals surface area contributed by atoms with Gasteiger partial charge in [0.05, 0.1) is 0 Å². The zero-order valence-corrected chi connectivity index (χ0v) is 9.19. The van der Waals surface area contributed by atoms with Crippen LogP contribution in [0.15, 0.2) is 30.8 Å². The molecule has 0 atom stereocenters. The number of amides is 1. The molecule has 0 saturated carbocycles. The fourth-order valence-electron chi connectivity index (χ4n) is 1.84. The van der Waals surface area contributed by atoms with Gasteiger partial charge >= 0.3 is 0 Å². The van der Waals surface area contributed by atoms with Gasteiger partial charge in [0.2, 0.25) is 0 Å². The number of Topliss-reactive ketones (excluding diaryl/α,β-unsaturated/α-hetero) is 1. The minimum atomic E-state index is -0.0538. The van der Waals surface area contributed by atoms with Crippen molar-refractivity contribution in [3.63, 3.8) is 0 Å². The summed E-state index contributed by atoms with van der Waals surface area (Å²) in [5.74, 6) is 0.0263. The normalized spacial score (nSPS) is 14.2. The molecule has 1 amide bonds. The van der Waals surface area contributed by atoms with E-state index in [2.05, 4.69) is 6.58 Å². The molecule has 1 aliphatic heterocycles. The van der Waals surface area contributed by atoms with Crippen molar-refractivity contribution in [2.24, 2.45) is 0 Å². The Morgan fingerprint density at radius 2 is 1.94 bits per heavy atom. The minimum Gasteiger partial charge on any atom is -0.308 e. The maximum absolute atomic E-state index is 12.0. The van der Waals surface area contributed by atoms with Gasteiger partial charge in [0.15, 0.2) is 0 Å². The molecule has 0 fully saturated rings. The van der Waals surface area contributed by atoms with Crippen LogP contribution in [0.1, 0.15) is 29.3 Å². The van der Waals surface area contributed by atoms with E-state index in [1.54, 1.807) is 11.0 Å². The van der Waals surface area contributed by atoms with Gasteiger partial charge in [0, 0.05) is 29.8 Å². The van der Waals surface area contributed by atoms with Crippen molar-refractivity contribution in [1.29, 1.82) is 0 Å². The van der Waals surface area contributed by atoms with Crippen molar-refractivity contribution in [3.8, 4) is 0 Å². The van der Waals surface area contributed by atoms with Crippen molar-refractivity contribution in [1.82, 2.24) is 4.90 Å². The van der Waals surface area contributed by atoms with Gasteiger partial charge in [-0.25, -0.2) is 0 Å². The molecule has 0 aromatic heterocycles. The van der Waals surface area contributed by atoms with Crippen LogP contribution in [0.4, 0.5) is 0 Å². The Hall–Kier alpha value is -1.90. The second-order valence-electron chi connectivity index (χ2n) is 3.90. The van der Waals surface area contributed by atoms with Crippen molar-refractivity contribution in [3.05, 3.63) is 42.0 Å². The number of hydrogen-bond acceptors (Lipinski definition) is 2. The number of hydrogen-bond donors (Lipinski definition) is 0. The first-order valence-electron chi connectivity index (χ1n) is 5.21. The van der Waals surface area contributed by atoms with E-state index < -0.39 is 0 Å². The second kappa shape index (κ2) is 3.93. The lowest BCUT2D eigenvalue weighted by molar-refractivity contribution is -0.117. The third kappa shape index (κ3) is 1.65. The molecule has 1 aliphatic rings. The van der Waals surface area contributed by atoms with E-state index in [1.165, 1.54) is 6.92 Å². The first kappa shape index (κ1) is 10.6. The summed E-state index contributed by atoms with van der Waals surface area (Å²) in [5.41, 5.74) is 2.24. The molecule has 1 heterocycles. The summed E-state index contributed by atoms with van der Waals surface area (Å²) >= 11 is 0. The molecule has 82 valence electrons. The second-order valence-corrected chi connectivity index (χ2v) is 3.90. The first-order valence-corrected chi connectivity index (χ1v) is 5.21. The van der Waals surface area contributed by atoms with Gasteiger partial charge in [-0.1, -0.05) is 24.8 Å². The SMILES string of the molecule is C=C1c2ccccc2C(=O)N1CCC(C)=O. The highest BCUT2D eigenvalue weighted by Crippen LogP contribution is 2.30. The van der Waals surface area contributed by atoms with Crippen LogP contribution in [0, 0.1) is 0 Å². The molecule has 3 nitrogen and oxygen atoms in total. The van der Waals surface area contributed by atoms with Crippen LogP contribution in [0.3, 0.4) is 0 Å². The summed E-state index contributed by atoms with van der Waals surface area (Å²) in [6.45, 7) is 5.84. The van der Waals surface area contributed by atoms with Gasteiger partial charge in [-0.05, 0) is 13.0 Å². The van der Waals surface area contributed by atoms with Crippen molar-refractivity contribution >= 4 is 17.4 Å². The smallest absolute Gasteiger partial charge is 0.258 e. The van der Waals surface area contributed by atoms with E-state index in [0.717, 1.165) is 5.56 Å². The Bertz CT molecular complexity index is 442. The molecule has 0 aliphatic carbocycles. The first-order chi connectivity index (χ1) is 7.61. The maximum Gasteiger partial charge on any atom is 0.258 e. The number of benzene rings is 1. The van der Waals surface area contributed by atoms with Crippen molar-refractivity contribution < 1.29 is 9.59 Å². The summed E-state index contributed by atoms with van der Waals surface area (Å²) in [6.07, 6.45) is 0.374. The monoisotopic (exact) mass is 215 g/mol. The molecule has 2 rings (SSSR count). The van der Waals surface area contributed by atoms with Gasteiger partial charge in [0.1, 0.15) is 5.78 Å². The van der Waals surface area contributed by atoms with E-state index in [1.807, 2.05) is 18.2 Å². The Morgan fingerprint density at radius 3 is 2.50 bits per heavy atom. The number of carbonyl (C=O) groups excluding carboxylic acids is 2. The van der Waals surface area contributed by atoms with Crippen LogP contribution in [-0.4, -0.2) is 23.1 Å². The van der Waals surface area contributed by atoms with Gasteiger partial charge in [-0.2, -0.15) is 0 Å². The molecule has 0 spiro atoms. The average molecular weight is 215 g/mol. The highest BCUT2D eigenvalue weighted by Gasteiger charge is 2.30. The van der Waals surface area contributed by atoms with Crippen LogP contribution in [0.25, 0.3) is 5.70 Å². The topological polar surface area (TPSA) is 37.4 Å². The summed E-state index contributed by atoms with van der Waals surface area (Å²) in [4.78, 5) is 24.5. The molecule has 0 bridgehead atoms. The van der Waals surface area contributed by atoms with E-state index in [-0.39, 0.29) is 11.7 Å². The lowest BCUT2D eigenvalue weighted by Gasteiger charge is -2.16. The Labute approximate surface area is 94.4 Å². The van der Waals surface area contributed by atoms with Gasteiger partial charge in [-0.3, -0.25) is 9.59 Å². The molecule has 1 aromatic rings. The lowest BCUT2D eigenvalue weighted by Crippen LogP contribution is -2.25. The zero-order chi connectivity index (χ0) is 11.7. The molecule has 0 N–H and O–H groups in total. The Morgan fingerprint density at radius 1 is 1.31 bits per heavy atom. The van der Waals surface area contributed by atoms with Crippen molar-refractivity contribution in [2.45, 2.75) is 13.3 Å². The van der Waals surface area contributed by atoms with E-state index in [0.29, 0.717) is 24.2 Å². The largest absolute Gasteiger partial charge is 0.308 e. The number of rotatable bonds is 3. The molecular formula is C13H13NO2. The van der Waals surface area contributed by atoms with Crippen LogP contribution in [-0.2, 0) is 4.79 Å². The van der Waals surface area contributed by atoms with E-state index in [4.69, 9.17) is 0 Å². The fraction of sp³-hybridized carbons (Fsp3) is 0.231. The number of ketones is 1. The molecule has 1 aromatic carbocycles. The molecule has 0 unspecified atom stereocenters. The van der Waals surface area contributed by atoms with Gasteiger partial charge in [0.25, 0.3) is 5.91 Å². The highest BCUT2D eigenvalue weighted by atomic mass is 16.2. The van der Waals surface area contributed by atoms with Crippen LogP contribution in [0.5, 0.6) is 0 Å². The number of nitrogens with zero attached hydrogens (tertiary/aromatic N) is 1. The third-order valence-corrected chi connectivity index (χ3v) is 2.73. The Kier molecular flexibility index (Phi) is 2.60. The standard InChI is InChI=1S/C13H13NO2/c1-9(15)7-8-14-10(2)11-5-3-4-6-12(11)13(14)16/h3-6H,2,7-8H2,1H3. The summed E-state index contributed by atoms with van der Waals surface area (Å²) in [6, 6.07) is 7.38. The number of carbonyl (C=O) groups is 2. The summed E-state index contributed by atoms with van der Waals surface area (Å²) < 4.78 is 0. The van der Waals surface area contributed by atoms with Crippen molar-refractivity contribution in [2.75, 3.05) is 6.54 Å². The predicted octanol–water partition coefficient (Wildman–Crippen LogP) is 2.09. The molecule has 3 heteroatoms. The Balaban J connectivity index is 2.25. The average Bonchev–Trinajstić information content (AvgIpc) is 2.50. The fourth-order valence-corrected chi connectivity index (χ4v) is 1.84. The maximum atomic E-state index is 12.0. The quantitative estimate of drug-likeness (QED) is 0.774. The molecule has 16 heavy (non-hydrogen) atoms. The van der Waals surface area contributed by atoms with Crippen LogP contribution >= 0.6 is 0 Å². The van der Waals surface area contributed by atoms with Crippen LogP contribution < -0.4 is 0 Å². The van der Waals surface area contributed by atoms with Crippen LogP contribution in [0.2, 0.25) is 0 Å². The highest BCUT2D eigenvalue weighted by molar-refractivity contribution is 6.08. The lowest BCUT2D eigenvalue weighted by atomic mass is 10.1. The molecular weight excluding hydrogens is 202 g/mol. The van der Waals surface area contributed by atoms with Gasteiger partial charge in [-0.15, -0.1) is 0 Å². The predicted molar refractivity (Wildman–Crippen MR) is 61.8 cm³/mol. The van der Waals surface area contributed by atoms with Gasteiger partial charge < -0.3 is 4.90 Å². The molecule has 0 radical (unpaired) electrons. The molecule has 0 saturated heterocycles. The minimum absolute atomic E-state index is 0.0538.